The summed E-state index contributed by atoms with van der Waals surface area (Å²) in [6, 6.07) is 9.05. The molecule has 2 N–H and O–H groups in total. The standard InChI is InChI=1S/C17H19FN2O6S/c1-11(26-13-6-4-12(18)5-7-13)17(21)19-20-27(22,23)14-8-9-15(24-2)16(10-14)25-3/h4-11,20H,1-3H3,(H,19,21)/t11-/m0/s1. The molecule has 0 bridgehead atoms. The highest BCUT2D eigenvalue weighted by Crippen LogP contribution is 2.29. The molecule has 27 heavy (non-hydrogen) atoms. The average Bonchev–Trinajstić information content (AvgIpc) is 2.67. The highest BCUT2D eigenvalue weighted by Gasteiger charge is 2.20. The van der Waals surface area contributed by atoms with Gasteiger partial charge in [-0.05, 0) is 43.3 Å². The molecule has 2 aromatic carbocycles. The van der Waals surface area contributed by atoms with Gasteiger partial charge in [0.1, 0.15) is 11.6 Å². The third-order valence-corrected chi connectivity index (χ3v) is 4.71. The molecule has 0 spiro atoms. The lowest BCUT2D eigenvalue weighted by molar-refractivity contribution is -0.127. The minimum absolute atomic E-state index is 0.132. The second kappa shape index (κ2) is 8.69. The van der Waals surface area contributed by atoms with Gasteiger partial charge in [0.05, 0.1) is 19.1 Å². The zero-order chi connectivity index (χ0) is 20.0. The van der Waals surface area contributed by atoms with Crippen LogP contribution in [0.15, 0.2) is 47.4 Å². The summed E-state index contributed by atoms with van der Waals surface area (Å²) in [5, 5.41) is 0. The average molecular weight is 398 g/mol. The molecule has 0 saturated carbocycles. The zero-order valence-electron chi connectivity index (χ0n) is 14.9. The molecule has 0 aromatic heterocycles. The minimum Gasteiger partial charge on any atom is -0.493 e. The van der Waals surface area contributed by atoms with Crippen LogP contribution in [-0.2, 0) is 14.8 Å². The van der Waals surface area contributed by atoms with Crippen LogP contribution in [0, 0.1) is 5.82 Å². The molecular formula is C17H19FN2O6S. The van der Waals surface area contributed by atoms with Crippen molar-refractivity contribution in [1.29, 1.82) is 0 Å². The van der Waals surface area contributed by atoms with Crippen LogP contribution in [0.25, 0.3) is 0 Å². The third-order valence-electron chi connectivity index (χ3n) is 3.47. The quantitative estimate of drug-likeness (QED) is 0.655. The number of amides is 1. The number of carbonyl (C=O) groups excluding carboxylic acids is 1. The van der Waals surface area contributed by atoms with Crippen LogP contribution in [-0.4, -0.2) is 34.6 Å². The molecule has 2 rings (SSSR count). The van der Waals surface area contributed by atoms with Crippen molar-refractivity contribution in [3.05, 3.63) is 48.3 Å². The van der Waals surface area contributed by atoms with E-state index in [9.17, 15) is 17.6 Å². The van der Waals surface area contributed by atoms with E-state index in [4.69, 9.17) is 14.2 Å². The van der Waals surface area contributed by atoms with E-state index in [2.05, 4.69) is 5.43 Å². The van der Waals surface area contributed by atoms with E-state index in [1.807, 2.05) is 4.83 Å². The number of hydrogen-bond acceptors (Lipinski definition) is 6. The summed E-state index contributed by atoms with van der Waals surface area (Å²) >= 11 is 0. The number of nitrogens with one attached hydrogen (secondary N) is 2. The summed E-state index contributed by atoms with van der Waals surface area (Å²) < 4.78 is 52.9. The van der Waals surface area contributed by atoms with Crippen LogP contribution < -0.4 is 24.5 Å². The number of halogens is 1. The van der Waals surface area contributed by atoms with Crippen LogP contribution in [0.3, 0.4) is 0 Å². The smallest absolute Gasteiger partial charge is 0.275 e. The maximum absolute atomic E-state index is 12.9. The van der Waals surface area contributed by atoms with Gasteiger partial charge >= 0.3 is 0 Å². The minimum atomic E-state index is -4.05. The van der Waals surface area contributed by atoms with Gasteiger partial charge in [0.15, 0.2) is 17.6 Å². The lowest BCUT2D eigenvalue weighted by Crippen LogP contribution is -2.47. The molecule has 0 aliphatic carbocycles. The summed E-state index contributed by atoms with van der Waals surface area (Å²) in [5.41, 5.74) is 2.07. The van der Waals surface area contributed by atoms with Gasteiger partial charge in [-0.3, -0.25) is 10.2 Å². The number of ether oxygens (including phenoxy) is 3. The first-order valence-corrected chi connectivity index (χ1v) is 9.21. The molecule has 1 atom stereocenters. The normalized spacial score (nSPS) is 12.1. The van der Waals surface area contributed by atoms with Crippen molar-refractivity contribution in [2.75, 3.05) is 14.2 Å². The van der Waals surface area contributed by atoms with Gasteiger partial charge in [0.25, 0.3) is 15.9 Å². The van der Waals surface area contributed by atoms with Crippen LogP contribution in [0.1, 0.15) is 6.92 Å². The van der Waals surface area contributed by atoms with E-state index in [-0.39, 0.29) is 16.4 Å². The molecule has 0 heterocycles. The third kappa shape index (κ3) is 5.31. The van der Waals surface area contributed by atoms with Gasteiger partial charge in [0.2, 0.25) is 0 Å². The van der Waals surface area contributed by atoms with Crippen molar-refractivity contribution in [2.45, 2.75) is 17.9 Å². The molecule has 0 unspecified atom stereocenters. The fourth-order valence-electron chi connectivity index (χ4n) is 2.03. The fourth-order valence-corrected chi connectivity index (χ4v) is 2.89. The van der Waals surface area contributed by atoms with Gasteiger partial charge in [-0.2, -0.15) is 0 Å². The van der Waals surface area contributed by atoms with E-state index in [1.54, 1.807) is 0 Å². The number of rotatable bonds is 8. The first kappa shape index (κ1) is 20.5. The molecule has 146 valence electrons. The Morgan fingerprint density at radius 2 is 1.67 bits per heavy atom. The fraction of sp³-hybridized carbons (Fsp3) is 0.235. The predicted octanol–water partition coefficient (Wildman–Crippen LogP) is 1.62. The van der Waals surface area contributed by atoms with E-state index in [1.165, 1.54) is 63.6 Å². The number of benzene rings is 2. The molecular weight excluding hydrogens is 379 g/mol. The Morgan fingerprint density at radius 1 is 1.04 bits per heavy atom. The molecule has 0 aliphatic heterocycles. The summed E-state index contributed by atoms with van der Waals surface area (Å²) in [5.74, 6) is -0.325. The molecule has 0 radical (unpaired) electrons. The lowest BCUT2D eigenvalue weighted by Gasteiger charge is -2.15. The maximum Gasteiger partial charge on any atom is 0.275 e. The van der Waals surface area contributed by atoms with Gasteiger partial charge in [-0.15, -0.1) is 4.83 Å². The Kier molecular flexibility index (Phi) is 6.59. The molecule has 0 aliphatic rings. The highest BCUT2D eigenvalue weighted by atomic mass is 32.2. The topological polar surface area (TPSA) is 103 Å². The second-order valence-corrected chi connectivity index (χ2v) is 7.01. The molecule has 8 nitrogen and oxygen atoms in total. The first-order valence-electron chi connectivity index (χ1n) is 7.72. The van der Waals surface area contributed by atoms with E-state index < -0.39 is 27.9 Å². The van der Waals surface area contributed by atoms with Crippen molar-refractivity contribution in [2.24, 2.45) is 0 Å². The van der Waals surface area contributed by atoms with Crippen LogP contribution in [0.2, 0.25) is 0 Å². The van der Waals surface area contributed by atoms with Crippen LogP contribution >= 0.6 is 0 Å². The number of sulfonamides is 1. The van der Waals surface area contributed by atoms with E-state index in [0.29, 0.717) is 5.75 Å². The van der Waals surface area contributed by atoms with E-state index >= 15 is 0 Å². The van der Waals surface area contributed by atoms with Gasteiger partial charge in [-0.25, -0.2) is 12.8 Å². The number of hydrogen-bond donors (Lipinski definition) is 2. The summed E-state index contributed by atoms with van der Waals surface area (Å²) in [7, 11) is -1.25. The Morgan fingerprint density at radius 3 is 2.26 bits per heavy atom. The highest BCUT2D eigenvalue weighted by molar-refractivity contribution is 7.89. The van der Waals surface area contributed by atoms with Crippen molar-refractivity contribution >= 4 is 15.9 Å². The summed E-state index contributed by atoms with van der Waals surface area (Å²) in [4.78, 5) is 13.9. The second-order valence-electron chi connectivity index (χ2n) is 5.33. The van der Waals surface area contributed by atoms with Gasteiger partial charge < -0.3 is 14.2 Å². The van der Waals surface area contributed by atoms with Crippen molar-refractivity contribution in [1.82, 2.24) is 10.3 Å². The van der Waals surface area contributed by atoms with Crippen molar-refractivity contribution in [3.8, 4) is 17.2 Å². The summed E-state index contributed by atoms with van der Waals surface area (Å²) in [6.07, 6.45) is -1.02. The molecule has 10 heteroatoms. The van der Waals surface area contributed by atoms with Crippen molar-refractivity contribution in [3.63, 3.8) is 0 Å². The first-order chi connectivity index (χ1) is 12.8. The SMILES string of the molecule is COc1ccc(S(=O)(=O)NNC(=O)[C@H](C)Oc2ccc(F)cc2)cc1OC. The Bertz CT molecular complexity index is 902. The Hall–Kier alpha value is -2.85. The molecule has 0 fully saturated rings. The van der Waals surface area contributed by atoms with Gasteiger partial charge in [0, 0.05) is 6.07 Å². The number of carbonyl (C=O) groups is 1. The zero-order valence-corrected chi connectivity index (χ0v) is 15.7. The largest absolute Gasteiger partial charge is 0.493 e. The summed E-state index contributed by atoms with van der Waals surface area (Å²) in [6.45, 7) is 1.42. The molecule has 2 aromatic rings. The predicted molar refractivity (Wildman–Crippen MR) is 94.5 cm³/mol. The molecule has 0 saturated heterocycles. The van der Waals surface area contributed by atoms with E-state index in [0.717, 1.165) is 0 Å². The number of methoxy groups -OCH3 is 2. The Balaban J connectivity index is 2.01. The van der Waals surface area contributed by atoms with Crippen LogP contribution in [0.5, 0.6) is 17.2 Å². The van der Waals surface area contributed by atoms with Crippen LogP contribution in [0.4, 0.5) is 4.39 Å². The Labute approximate surface area is 156 Å². The maximum atomic E-state index is 12.9. The monoisotopic (exact) mass is 398 g/mol. The van der Waals surface area contributed by atoms with Gasteiger partial charge in [-0.1, -0.05) is 0 Å². The lowest BCUT2D eigenvalue weighted by atomic mass is 10.3. The number of hydrazine groups is 1. The van der Waals surface area contributed by atoms with Crippen molar-refractivity contribution < 1.29 is 31.8 Å². The molecule has 1 amide bonds.